The van der Waals surface area contributed by atoms with Crippen molar-refractivity contribution in [3.8, 4) is 0 Å². The molecule has 26 heavy (non-hydrogen) atoms. The fraction of sp³-hybridized carbons (Fsp3) is 0.450. The van der Waals surface area contributed by atoms with Crippen LogP contribution < -0.4 is 0 Å². The summed E-state index contributed by atoms with van der Waals surface area (Å²) >= 11 is 0. The van der Waals surface area contributed by atoms with E-state index in [1.165, 1.54) is 0 Å². The second kappa shape index (κ2) is 6.94. The molecule has 0 spiro atoms. The Labute approximate surface area is 153 Å². The third-order valence-electron chi connectivity index (χ3n) is 5.26. The molecule has 1 aliphatic heterocycles. The van der Waals surface area contributed by atoms with E-state index in [1.54, 1.807) is 0 Å². The number of piperidine rings is 1. The number of carbonyl (C=O) groups excluding carboxylic acids is 1. The maximum absolute atomic E-state index is 12.8. The number of amides is 1. The monoisotopic (exact) mass is 351 g/mol. The summed E-state index contributed by atoms with van der Waals surface area (Å²) in [5, 5.41) is 5.54. The van der Waals surface area contributed by atoms with Gasteiger partial charge in [-0.15, -0.1) is 0 Å². The Morgan fingerprint density at radius 2 is 2.15 bits per heavy atom. The van der Waals surface area contributed by atoms with Crippen LogP contribution in [0.15, 0.2) is 36.7 Å². The van der Waals surface area contributed by atoms with Gasteiger partial charge in [0.1, 0.15) is 5.82 Å². The van der Waals surface area contributed by atoms with Crippen molar-refractivity contribution in [1.82, 2.24) is 24.2 Å². The number of hydrogen-bond acceptors (Lipinski definition) is 3. The Balaban J connectivity index is 1.40. The molecular weight excluding hydrogens is 326 g/mol. The van der Waals surface area contributed by atoms with Gasteiger partial charge in [-0.1, -0.05) is 18.2 Å². The highest BCUT2D eigenvalue weighted by atomic mass is 16.2. The standard InChI is InChI=1S/C20H25N5O/c1-15-13-23(2)20(22-15)17-7-5-10-24(14-17)19(26)9-11-25-18-8-4-3-6-16(18)12-21-25/h3-4,6,8,12-13,17H,5,7,9-11,14H2,1-2H3/t17-/m0/s1. The van der Waals surface area contributed by atoms with Gasteiger partial charge in [0.2, 0.25) is 5.91 Å². The van der Waals surface area contributed by atoms with E-state index >= 15 is 0 Å². The fourth-order valence-electron chi connectivity index (χ4n) is 3.99. The van der Waals surface area contributed by atoms with Gasteiger partial charge in [0.25, 0.3) is 0 Å². The smallest absolute Gasteiger partial charge is 0.224 e. The molecule has 4 rings (SSSR count). The lowest BCUT2D eigenvalue weighted by Gasteiger charge is -2.32. The summed E-state index contributed by atoms with van der Waals surface area (Å²) in [7, 11) is 2.04. The Bertz CT molecular complexity index is 925. The molecule has 6 heteroatoms. The number of carbonyl (C=O) groups is 1. The minimum Gasteiger partial charge on any atom is -0.342 e. The lowest BCUT2D eigenvalue weighted by Crippen LogP contribution is -2.40. The minimum atomic E-state index is 0.209. The first-order chi connectivity index (χ1) is 12.6. The molecule has 0 radical (unpaired) electrons. The van der Waals surface area contributed by atoms with Gasteiger partial charge in [-0.2, -0.15) is 5.10 Å². The highest BCUT2D eigenvalue weighted by Crippen LogP contribution is 2.26. The molecule has 0 unspecified atom stereocenters. The van der Waals surface area contributed by atoms with E-state index in [0.717, 1.165) is 48.4 Å². The van der Waals surface area contributed by atoms with E-state index < -0.39 is 0 Å². The average molecular weight is 351 g/mol. The van der Waals surface area contributed by atoms with E-state index in [-0.39, 0.29) is 5.91 Å². The zero-order valence-electron chi connectivity index (χ0n) is 15.4. The number of aryl methyl sites for hydroxylation is 3. The van der Waals surface area contributed by atoms with Crippen LogP contribution in [0, 0.1) is 6.92 Å². The molecule has 3 aromatic rings. The van der Waals surface area contributed by atoms with E-state index in [4.69, 9.17) is 0 Å². The second-order valence-electron chi connectivity index (χ2n) is 7.21. The molecule has 1 amide bonds. The van der Waals surface area contributed by atoms with Crippen LogP contribution in [0.2, 0.25) is 0 Å². The maximum Gasteiger partial charge on any atom is 0.224 e. The molecule has 1 fully saturated rings. The third-order valence-corrected chi connectivity index (χ3v) is 5.26. The minimum absolute atomic E-state index is 0.209. The predicted molar refractivity (Wildman–Crippen MR) is 101 cm³/mol. The van der Waals surface area contributed by atoms with E-state index in [2.05, 4.69) is 20.8 Å². The van der Waals surface area contributed by atoms with Crippen molar-refractivity contribution < 1.29 is 4.79 Å². The number of rotatable bonds is 4. The zero-order valence-corrected chi connectivity index (χ0v) is 15.4. The van der Waals surface area contributed by atoms with Crippen molar-refractivity contribution >= 4 is 16.8 Å². The van der Waals surface area contributed by atoms with Gasteiger partial charge in [0.05, 0.1) is 24.0 Å². The summed E-state index contributed by atoms with van der Waals surface area (Å²) in [4.78, 5) is 19.4. The molecule has 0 bridgehead atoms. The molecule has 3 heterocycles. The molecule has 136 valence electrons. The number of nitrogens with zero attached hydrogens (tertiary/aromatic N) is 5. The van der Waals surface area contributed by atoms with Gasteiger partial charge in [0.15, 0.2) is 0 Å². The van der Waals surface area contributed by atoms with Gasteiger partial charge < -0.3 is 9.47 Å². The predicted octanol–water partition coefficient (Wildman–Crippen LogP) is 2.87. The SMILES string of the molecule is Cc1cn(C)c([C@H]2CCCN(C(=O)CCn3ncc4ccccc43)C2)n1. The molecular formula is C20H25N5O. The molecule has 2 aromatic heterocycles. The van der Waals surface area contributed by atoms with Gasteiger partial charge in [-0.3, -0.25) is 9.48 Å². The lowest BCUT2D eigenvalue weighted by molar-refractivity contribution is -0.132. The number of imidazole rings is 1. The number of likely N-dealkylation sites (tertiary alicyclic amines) is 1. The van der Waals surface area contributed by atoms with Crippen LogP contribution in [-0.2, 0) is 18.4 Å². The van der Waals surface area contributed by atoms with Crippen LogP contribution in [0.4, 0.5) is 0 Å². The summed E-state index contributed by atoms with van der Waals surface area (Å²) in [5.74, 6) is 1.63. The van der Waals surface area contributed by atoms with E-state index in [0.29, 0.717) is 18.9 Å². The highest BCUT2D eigenvalue weighted by molar-refractivity contribution is 5.79. The summed E-state index contributed by atoms with van der Waals surface area (Å²) < 4.78 is 4.03. The zero-order chi connectivity index (χ0) is 18.1. The first-order valence-corrected chi connectivity index (χ1v) is 9.30. The molecule has 6 nitrogen and oxygen atoms in total. The summed E-state index contributed by atoms with van der Waals surface area (Å²) in [6.07, 6.45) is 6.53. The largest absolute Gasteiger partial charge is 0.342 e. The number of fused-ring (bicyclic) bond motifs is 1. The Kier molecular flexibility index (Phi) is 4.49. The maximum atomic E-state index is 12.8. The quantitative estimate of drug-likeness (QED) is 0.726. The van der Waals surface area contributed by atoms with Crippen LogP contribution >= 0.6 is 0 Å². The fourth-order valence-corrected chi connectivity index (χ4v) is 3.99. The van der Waals surface area contributed by atoms with Crippen LogP contribution in [0.3, 0.4) is 0 Å². The van der Waals surface area contributed by atoms with Crippen molar-refractivity contribution in [1.29, 1.82) is 0 Å². The highest BCUT2D eigenvalue weighted by Gasteiger charge is 2.27. The molecule has 1 aliphatic rings. The third kappa shape index (κ3) is 3.23. The average Bonchev–Trinajstić information content (AvgIpc) is 3.22. The number of para-hydroxylation sites is 1. The lowest BCUT2D eigenvalue weighted by atomic mass is 9.97. The molecule has 0 saturated carbocycles. The molecule has 1 aromatic carbocycles. The number of hydrogen-bond donors (Lipinski definition) is 0. The second-order valence-corrected chi connectivity index (χ2v) is 7.21. The van der Waals surface area contributed by atoms with Crippen molar-refractivity contribution in [2.45, 2.75) is 38.6 Å². The van der Waals surface area contributed by atoms with E-state index in [1.807, 2.05) is 54.0 Å². The first-order valence-electron chi connectivity index (χ1n) is 9.30. The Morgan fingerprint density at radius 1 is 1.31 bits per heavy atom. The van der Waals surface area contributed by atoms with Crippen molar-refractivity contribution in [3.63, 3.8) is 0 Å². The Hall–Kier alpha value is -2.63. The number of benzene rings is 1. The Morgan fingerprint density at radius 3 is 2.96 bits per heavy atom. The van der Waals surface area contributed by atoms with Crippen LogP contribution in [0.25, 0.3) is 10.9 Å². The van der Waals surface area contributed by atoms with Gasteiger partial charge >= 0.3 is 0 Å². The van der Waals surface area contributed by atoms with Crippen molar-refractivity contribution in [3.05, 3.63) is 48.2 Å². The van der Waals surface area contributed by atoms with Crippen LogP contribution in [0.1, 0.15) is 36.7 Å². The van der Waals surface area contributed by atoms with Crippen molar-refractivity contribution in [2.75, 3.05) is 13.1 Å². The van der Waals surface area contributed by atoms with Crippen LogP contribution in [0.5, 0.6) is 0 Å². The normalized spacial score (nSPS) is 17.8. The summed E-state index contributed by atoms with van der Waals surface area (Å²) in [6.45, 7) is 4.25. The van der Waals surface area contributed by atoms with Gasteiger partial charge in [-0.05, 0) is 25.8 Å². The topological polar surface area (TPSA) is 56.0 Å². The van der Waals surface area contributed by atoms with Gasteiger partial charge in [0, 0.05) is 44.1 Å². The summed E-state index contributed by atoms with van der Waals surface area (Å²) in [5.41, 5.74) is 2.12. The summed E-state index contributed by atoms with van der Waals surface area (Å²) in [6, 6.07) is 8.11. The number of aromatic nitrogens is 4. The molecule has 1 atom stereocenters. The van der Waals surface area contributed by atoms with Crippen molar-refractivity contribution in [2.24, 2.45) is 7.05 Å². The van der Waals surface area contributed by atoms with Gasteiger partial charge in [-0.25, -0.2) is 4.98 Å². The molecule has 0 N–H and O–H groups in total. The first kappa shape index (κ1) is 16.8. The van der Waals surface area contributed by atoms with E-state index in [9.17, 15) is 4.79 Å². The molecule has 0 aliphatic carbocycles. The van der Waals surface area contributed by atoms with Crippen LogP contribution in [-0.4, -0.2) is 43.2 Å². The molecule has 1 saturated heterocycles.